The number of hydrogen-bond acceptors (Lipinski definition) is 5. The Labute approximate surface area is 131 Å². The normalized spacial score (nSPS) is 16.8. The molecule has 1 heterocycles. The van der Waals surface area contributed by atoms with Gasteiger partial charge in [0.15, 0.2) is 5.57 Å². The largest absolute Gasteiger partial charge is 0.465 e. The molecule has 0 saturated carbocycles. The second-order valence-electron chi connectivity index (χ2n) is 5.36. The first-order chi connectivity index (χ1) is 10.7. The number of hydrogen-bond donors (Lipinski definition) is 1. The van der Waals surface area contributed by atoms with Crippen molar-refractivity contribution in [3.05, 3.63) is 47.7 Å². The maximum atomic E-state index is 11.3. The Bertz CT molecular complexity index is 555. The molecule has 0 spiro atoms. The molecular formula is C17H21N3O2. The lowest BCUT2D eigenvalue weighted by Gasteiger charge is -2.32. The summed E-state index contributed by atoms with van der Waals surface area (Å²) in [5, 5.41) is 12.1. The molecule has 116 valence electrons. The standard InChI is InChI=1S/C17H21N3O2/c1-22-17(21)15(11-18)12-19-16-7-9-20(10-8-16)13-14-5-3-2-4-6-14/h2-6,12,16,19H,7-10,13H2,1H3/b15-12+. The molecule has 0 aliphatic carbocycles. The summed E-state index contributed by atoms with van der Waals surface area (Å²) in [6.07, 6.45) is 3.45. The van der Waals surface area contributed by atoms with Crippen molar-refractivity contribution < 1.29 is 9.53 Å². The predicted molar refractivity (Wildman–Crippen MR) is 83.6 cm³/mol. The Morgan fingerprint density at radius 1 is 1.41 bits per heavy atom. The third-order valence-corrected chi connectivity index (χ3v) is 3.83. The second-order valence-corrected chi connectivity index (χ2v) is 5.36. The lowest BCUT2D eigenvalue weighted by Crippen LogP contribution is -2.40. The third-order valence-electron chi connectivity index (χ3n) is 3.83. The van der Waals surface area contributed by atoms with Crippen molar-refractivity contribution in [3.8, 4) is 6.07 Å². The summed E-state index contributed by atoms with van der Waals surface area (Å²) < 4.78 is 4.55. The van der Waals surface area contributed by atoms with E-state index in [0.717, 1.165) is 32.5 Å². The van der Waals surface area contributed by atoms with E-state index in [2.05, 4.69) is 39.2 Å². The molecule has 0 radical (unpaired) electrons. The molecule has 1 saturated heterocycles. The summed E-state index contributed by atoms with van der Waals surface area (Å²) in [5.41, 5.74) is 1.33. The van der Waals surface area contributed by atoms with Crippen LogP contribution in [0.2, 0.25) is 0 Å². The van der Waals surface area contributed by atoms with Crippen LogP contribution in [0, 0.1) is 11.3 Å². The zero-order valence-corrected chi connectivity index (χ0v) is 12.8. The SMILES string of the molecule is COC(=O)/C(C#N)=C/NC1CCN(Cc2ccccc2)CC1. The smallest absolute Gasteiger partial charge is 0.350 e. The quantitative estimate of drug-likeness (QED) is 0.510. The van der Waals surface area contributed by atoms with Crippen LogP contribution in [0.4, 0.5) is 0 Å². The molecule has 0 aromatic heterocycles. The maximum absolute atomic E-state index is 11.3. The summed E-state index contributed by atoms with van der Waals surface area (Å²) >= 11 is 0. The minimum atomic E-state index is -0.600. The van der Waals surface area contributed by atoms with Gasteiger partial charge >= 0.3 is 5.97 Å². The van der Waals surface area contributed by atoms with Gasteiger partial charge in [0, 0.05) is 31.9 Å². The van der Waals surface area contributed by atoms with Gasteiger partial charge in [0.25, 0.3) is 0 Å². The Morgan fingerprint density at radius 2 is 2.09 bits per heavy atom. The highest BCUT2D eigenvalue weighted by Crippen LogP contribution is 2.14. The summed E-state index contributed by atoms with van der Waals surface area (Å²) in [6.45, 7) is 2.97. The van der Waals surface area contributed by atoms with Gasteiger partial charge in [-0.15, -0.1) is 0 Å². The minimum Gasteiger partial charge on any atom is -0.465 e. The fourth-order valence-corrected chi connectivity index (χ4v) is 2.55. The lowest BCUT2D eigenvalue weighted by molar-refractivity contribution is -0.135. The van der Waals surface area contributed by atoms with Crippen LogP contribution < -0.4 is 5.32 Å². The number of nitrogens with zero attached hydrogens (tertiary/aromatic N) is 2. The number of ether oxygens (including phenoxy) is 1. The van der Waals surface area contributed by atoms with E-state index in [0.29, 0.717) is 6.04 Å². The summed E-state index contributed by atoms with van der Waals surface area (Å²) in [5.74, 6) is -0.600. The van der Waals surface area contributed by atoms with Crippen LogP contribution in [0.3, 0.4) is 0 Å². The summed E-state index contributed by atoms with van der Waals surface area (Å²) in [6, 6.07) is 12.6. The van der Waals surface area contributed by atoms with E-state index in [-0.39, 0.29) is 5.57 Å². The number of carbonyl (C=O) groups excluding carboxylic acids is 1. The molecule has 0 unspecified atom stereocenters. The van der Waals surface area contributed by atoms with Gasteiger partial charge in [-0.3, -0.25) is 4.90 Å². The Kier molecular flexibility index (Phi) is 5.99. The molecule has 1 aliphatic rings. The van der Waals surface area contributed by atoms with Crippen molar-refractivity contribution in [3.63, 3.8) is 0 Å². The lowest BCUT2D eigenvalue weighted by atomic mass is 10.0. The highest BCUT2D eigenvalue weighted by molar-refractivity contribution is 5.92. The number of nitrogens with one attached hydrogen (secondary N) is 1. The first-order valence-corrected chi connectivity index (χ1v) is 7.44. The van der Waals surface area contributed by atoms with E-state index in [1.54, 1.807) is 0 Å². The molecule has 1 fully saturated rings. The highest BCUT2D eigenvalue weighted by atomic mass is 16.5. The minimum absolute atomic E-state index is 0.00853. The second kappa shape index (κ2) is 8.20. The fourth-order valence-electron chi connectivity index (χ4n) is 2.55. The third kappa shape index (κ3) is 4.61. The maximum Gasteiger partial charge on any atom is 0.350 e. The van der Waals surface area contributed by atoms with Crippen LogP contribution >= 0.6 is 0 Å². The number of rotatable bonds is 5. The number of esters is 1. The molecule has 5 nitrogen and oxygen atoms in total. The molecule has 0 amide bonds. The zero-order valence-electron chi connectivity index (χ0n) is 12.8. The van der Waals surface area contributed by atoms with Crippen LogP contribution in [0.25, 0.3) is 0 Å². The average Bonchev–Trinajstić information content (AvgIpc) is 2.57. The van der Waals surface area contributed by atoms with Crippen LogP contribution in [0.5, 0.6) is 0 Å². The molecule has 22 heavy (non-hydrogen) atoms. The van der Waals surface area contributed by atoms with Crippen LogP contribution in [-0.2, 0) is 16.1 Å². The first kappa shape index (κ1) is 16.1. The zero-order chi connectivity index (χ0) is 15.8. The molecule has 5 heteroatoms. The van der Waals surface area contributed by atoms with Gasteiger partial charge in [-0.1, -0.05) is 30.3 Å². The van der Waals surface area contributed by atoms with Crippen molar-refractivity contribution in [2.24, 2.45) is 0 Å². The van der Waals surface area contributed by atoms with Gasteiger partial charge in [0.1, 0.15) is 6.07 Å². The molecule has 1 aromatic rings. The van der Waals surface area contributed by atoms with Crippen LogP contribution in [-0.4, -0.2) is 37.1 Å². The van der Waals surface area contributed by atoms with Gasteiger partial charge in [0.05, 0.1) is 7.11 Å². The van der Waals surface area contributed by atoms with E-state index in [9.17, 15) is 4.79 Å². The first-order valence-electron chi connectivity index (χ1n) is 7.44. The molecule has 1 aliphatic heterocycles. The van der Waals surface area contributed by atoms with Gasteiger partial charge in [-0.25, -0.2) is 4.79 Å². The van der Waals surface area contributed by atoms with Gasteiger partial charge in [-0.2, -0.15) is 5.26 Å². The van der Waals surface area contributed by atoms with Gasteiger partial charge in [-0.05, 0) is 18.4 Å². The van der Waals surface area contributed by atoms with Crippen molar-refractivity contribution >= 4 is 5.97 Å². The molecular weight excluding hydrogens is 278 g/mol. The molecule has 0 bridgehead atoms. The topological polar surface area (TPSA) is 65.4 Å². The van der Waals surface area contributed by atoms with Crippen molar-refractivity contribution in [2.45, 2.75) is 25.4 Å². The van der Waals surface area contributed by atoms with Crippen molar-refractivity contribution in [2.75, 3.05) is 20.2 Å². The van der Waals surface area contributed by atoms with E-state index < -0.39 is 5.97 Å². The number of likely N-dealkylation sites (tertiary alicyclic amines) is 1. The van der Waals surface area contributed by atoms with Crippen LogP contribution in [0.1, 0.15) is 18.4 Å². The van der Waals surface area contributed by atoms with Gasteiger partial charge in [0.2, 0.25) is 0 Å². The van der Waals surface area contributed by atoms with E-state index in [1.165, 1.54) is 18.9 Å². The van der Waals surface area contributed by atoms with E-state index in [1.807, 2.05) is 12.1 Å². The predicted octanol–water partition coefficient (Wildman–Crippen LogP) is 1.82. The Morgan fingerprint density at radius 3 is 2.68 bits per heavy atom. The molecule has 1 N–H and O–H groups in total. The number of nitriles is 1. The molecule has 1 aromatic carbocycles. The van der Waals surface area contributed by atoms with E-state index in [4.69, 9.17) is 5.26 Å². The monoisotopic (exact) mass is 299 g/mol. The number of methoxy groups -OCH3 is 1. The molecule has 2 rings (SSSR count). The summed E-state index contributed by atoms with van der Waals surface area (Å²) in [7, 11) is 1.27. The highest BCUT2D eigenvalue weighted by Gasteiger charge is 2.19. The fraction of sp³-hybridized carbons (Fsp3) is 0.412. The Balaban J connectivity index is 1.79. The van der Waals surface area contributed by atoms with Crippen LogP contribution in [0.15, 0.2) is 42.1 Å². The number of carbonyl (C=O) groups is 1. The van der Waals surface area contributed by atoms with E-state index >= 15 is 0 Å². The number of piperidine rings is 1. The average molecular weight is 299 g/mol. The molecule has 0 atom stereocenters. The van der Waals surface area contributed by atoms with Gasteiger partial charge < -0.3 is 10.1 Å². The van der Waals surface area contributed by atoms with Crippen molar-refractivity contribution in [1.29, 1.82) is 5.26 Å². The number of benzene rings is 1. The summed E-state index contributed by atoms with van der Waals surface area (Å²) in [4.78, 5) is 13.7. The van der Waals surface area contributed by atoms with Crippen molar-refractivity contribution in [1.82, 2.24) is 10.2 Å². The Hall–Kier alpha value is -2.32.